The monoisotopic (exact) mass is 363 g/mol. The summed E-state index contributed by atoms with van der Waals surface area (Å²) >= 11 is 0. The lowest BCUT2D eigenvalue weighted by Crippen LogP contribution is -2.33. The number of aliphatic carboxylic acids is 1. The van der Waals surface area contributed by atoms with E-state index in [9.17, 15) is 4.79 Å². The molecule has 0 unspecified atom stereocenters. The molecular formula is C22H25N3O2. The molecule has 0 fully saturated rings. The molecule has 140 valence electrons. The van der Waals surface area contributed by atoms with Gasteiger partial charge in [0.1, 0.15) is 0 Å². The van der Waals surface area contributed by atoms with Gasteiger partial charge in [-0.2, -0.15) is 0 Å². The van der Waals surface area contributed by atoms with E-state index in [1.54, 1.807) is 0 Å². The Labute approximate surface area is 159 Å². The van der Waals surface area contributed by atoms with Crippen LogP contribution in [0.3, 0.4) is 0 Å². The first-order valence-electron chi connectivity index (χ1n) is 9.40. The smallest absolute Gasteiger partial charge is 0.305 e. The molecule has 27 heavy (non-hydrogen) atoms. The van der Waals surface area contributed by atoms with E-state index in [2.05, 4.69) is 12.1 Å². The van der Waals surface area contributed by atoms with Crippen LogP contribution in [0, 0.1) is 5.41 Å². The second-order valence-electron chi connectivity index (χ2n) is 6.66. The summed E-state index contributed by atoms with van der Waals surface area (Å²) in [6.07, 6.45) is 2.40. The number of hydrogen-bond donors (Lipinski definition) is 2. The first kappa shape index (κ1) is 18.8. The van der Waals surface area contributed by atoms with E-state index < -0.39 is 5.97 Å². The summed E-state index contributed by atoms with van der Waals surface area (Å²) in [6, 6.07) is 16.4. The number of carboxylic acids is 1. The first-order valence-corrected chi connectivity index (χ1v) is 9.40. The molecule has 0 radical (unpaired) electrons. The predicted octanol–water partition coefficient (Wildman–Crippen LogP) is 4.48. The topological polar surface area (TPSA) is 77.3 Å². The second kappa shape index (κ2) is 8.62. The highest BCUT2D eigenvalue weighted by molar-refractivity contribution is 5.97. The molecule has 0 aliphatic carbocycles. The molecule has 5 heteroatoms. The maximum absolute atomic E-state index is 10.9. The number of rotatable bonds is 8. The molecule has 0 bridgehead atoms. The van der Waals surface area contributed by atoms with E-state index in [0.717, 1.165) is 23.9 Å². The number of carboxylic acid groups (broad SMARTS) is 1. The molecule has 0 saturated heterocycles. The summed E-state index contributed by atoms with van der Waals surface area (Å²) in [7, 11) is 0. The highest BCUT2D eigenvalue weighted by Gasteiger charge is 2.12. The van der Waals surface area contributed by atoms with Gasteiger partial charge in [-0.1, -0.05) is 43.3 Å². The van der Waals surface area contributed by atoms with Crippen LogP contribution in [0.2, 0.25) is 0 Å². The van der Waals surface area contributed by atoms with Crippen molar-refractivity contribution in [3.63, 3.8) is 0 Å². The minimum absolute atomic E-state index is 0.0590. The van der Waals surface area contributed by atoms with Crippen LogP contribution in [0.4, 0.5) is 0 Å². The number of amidine groups is 1. The molecule has 3 aromatic rings. The van der Waals surface area contributed by atoms with Crippen molar-refractivity contribution in [2.45, 2.75) is 32.6 Å². The maximum Gasteiger partial charge on any atom is 0.305 e. The van der Waals surface area contributed by atoms with Crippen LogP contribution < -0.4 is 0 Å². The van der Waals surface area contributed by atoms with Crippen molar-refractivity contribution in [1.29, 1.82) is 5.41 Å². The summed E-state index contributed by atoms with van der Waals surface area (Å²) in [6.45, 7) is 3.00. The van der Waals surface area contributed by atoms with Crippen molar-refractivity contribution in [3.05, 3.63) is 54.1 Å². The normalized spacial score (nSPS) is 11.0. The zero-order valence-corrected chi connectivity index (χ0v) is 15.6. The lowest BCUT2D eigenvalue weighted by Gasteiger charge is -2.24. The van der Waals surface area contributed by atoms with E-state index in [0.29, 0.717) is 25.3 Å². The number of aromatic nitrogens is 1. The number of nitrogens with one attached hydrogen (secondary N) is 1. The Kier molecular flexibility index (Phi) is 6.01. The number of nitrogens with zero attached hydrogens (tertiary/aromatic N) is 2. The fourth-order valence-electron chi connectivity index (χ4n) is 3.48. The molecule has 0 aliphatic heterocycles. The van der Waals surface area contributed by atoms with E-state index >= 15 is 0 Å². The number of fused-ring (bicyclic) bond motifs is 2. The Hall–Kier alpha value is -2.95. The first-order chi connectivity index (χ1) is 13.1. The summed E-state index contributed by atoms with van der Waals surface area (Å²) in [5.74, 6) is -0.323. The Balaban J connectivity index is 1.82. The van der Waals surface area contributed by atoms with Crippen LogP contribution in [-0.2, 0) is 11.2 Å². The molecule has 0 amide bonds. The van der Waals surface area contributed by atoms with Crippen LogP contribution in [0.15, 0.2) is 48.5 Å². The average Bonchev–Trinajstić information content (AvgIpc) is 2.69. The molecule has 2 N–H and O–H groups in total. The number of para-hydroxylation sites is 2. The Bertz CT molecular complexity index is 914. The Morgan fingerprint density at radius 2 is 1.63 bits per heavy atom. The van der Waals surface area contributed by atoms with Gasteiger partial charge in [0.25, 0.3) is 0 Å². The maximum atomic E-state index is 10.9. The van der Waals surface area contributed by atoms with Gasteiger partial charge in [0, 0.05) is 30.3 Å². The number of pyridine rings is 1. The Morgan fingerprint density at radius 1 is 1.04 bits per heavy atom. The van der Waals surface area contributed by atoms with Gasteiger partial charge in [-0.05, 0) is 30.5 Å². The molecule has 0 atom stereocenters. The van der Waals surface area contributed by atoms with Crippen LogP contribution in [0.1, 0.15) is 31.7 Å². The van der Waals surface area contributed by atoms with Crippen molar-refractivity contribution in [2.75, 3.05) is 13.1 Å². The molecular weight excluding hydrogens is 338 g/mol. The van der Waals surface area contributed by atoms with Crippen molar-refractivity contribution in [2.24, 2.45) is 0 Å². The average molecular weight is 363 g/mol. The summed E-state index contributed by atoms with van der Waals surface area (Å²) in [5.41, 5.74) is 3.27. The van der Waals surface area contributed by atoms with Gasteiger partial charge in [-0.3, -0.25) is 10.2 Å². The van der Waals surface area contributed by atoms with Gasteiger partial charge >= 0.3 is 5.97 Å². The van der Waals surface area contributed by atoms with Crippen molar-refractivity contribution >= 4 is 33.6 Å². The van der Waals surface area contributed by atoms with Crippen molar-refractivity contribution in [1.82, 2.24) is 9.88 Å². The van der Waals surface area contributed by atoms with Gasteiger partial charge < -0.3 is 10.0 Å². The zero-order chi connectivity index (χ0) is 19.2. The fraction of sp³-hybridized carbons (Fsp3) is 0.318. The number of hydrogen-bond acceptors (Lipinski definition) is 3. The van der Waals surface area contributed by atoms with Gasteiger partial charge in [0.15, 0.2) is 0 Å². The highest BCUT2D eigenvalue weighted by atomic mass is 16.4. The largest absolute Gasteiger partial charge is 0.481 e. The van der Waals surface area contributed by atoms with Crippen LogP contribution in [-0.4, -0.2) is 39.9 Å². The third kappa shape index (κ3) is 4.42. The molecule has 1 heterocycles. The molecule has 0 spiro atoms. The lowest BCUT2D eigenvalue weighted by atomic mass is 9.98. The van der Waals surface area contributed by atoms with Crippen LogP contribution >= 0.6 is 0 Å². The standard InChI is InChI=1S/C22H25N3O2/c1-2-21(23)25(15-13-22(26)27)14-7-10-16-17-8-3-5-11-19(17)24-20-12-6-4-9-18(16)20/h3-6,8-9,11-12,23H,2,7,10,13-15H2,1H3,(H,26,27). The number of benzene rings is 2. The van der Waals surface area contributed by atoms with Gasteiger partial charge in [-0.25, -0.2) is 4.98 Å². The Morgan fingerprint density at radius 3 is 2.19 bits per heavy atom. The molecule has 2 aromatic carbocycles. The number of carbonyl (C=O) groups is 1. The number of aryl methyl sites for hydroxylation is 1. The van der Waals surface area contributed by atoms with E-state index in [1.807, 2.05) is 48.2 Å². The van der Waals surface area contributed by atoms with Gasteiger partial charge in [0.2, 0.25) is 0 Å². The van der Waals surface area contributed by atoms with Gasteiger partial charge in [-0.15, -0.1) is 0 Å². The summed E-state index contributed by atoms with van der Waals surface area (Å²) in [4.78, 5) is 17.5. The molecule has 1 aromatic heterocycles. The van der Waals surface area contributed by atoms with Crippen molar-refractivity contribution in [3.8, 4) is 0 Å². The van der Waals surface area contributed by atoms with Crippen LogP contribution in [0.5, 0.6) is 0 Å². The molecule has 5 nitrogen and oxygen atoms in total. The van der Waals surface area contributed by atoms with Crippen molar-refractivity contribution < 1.29 is 9.90 Å². The minimum Gasteiger partial charge on any atom is -0.481 e. The lowest BCUT2D eigenvalue weighted by molar-refractivity contribution is -0.137. The highest BCUT2D eigenvalue weighted by Crippen LogP contribution is 2.27. The summed E-state index contributed by atoms with van der Waals surface area (Å²) in [5, 5.41) is 19.4. The zero-order valence-electron chi connectivity index (χ0n) is 15.6. The third-order valence-corrected chi connectivity index (χ3v) is 4.87. The van der Waals surface area contributed by atoms with E-state index in [1.165, 1.54) is 16.3 Å². The third-order valence-electron chi connectivity index (χ3n) is 4.87. The van der Waals surface area contributed by atoms with Gasteiger partial charge in [0.05, 0.1) is 23.3 Å². The quantitative estimate of drug-likeness (QED) is 0.351. The van der Waals surface area contributed by atoms with E-state index in [4.69, 9.17) is 15.5 Å². The minimum atomic E-state index is -0.824. The van der Waals surface area contributed by atoms with Crippen LogP contribution in [0.25, 0.3) is 21.8 Å². The van der Waals surface area contributed by atoms with E-state index in [-0.39, 0.29) is 6.42 Å². The molecule has 0 saturated carbocycles. The second-order valence-corrected chi connectivity index (χ2v) is 6.66. The molecule has 3 rings (SSSR count). The fourth-order valence-corrected chi connectivity index (χ4v) is 3.48. The molecule has 0 aliphatic rings. The predicted molar refractivity (Wildman–Crippen MR) is 109 cm³/mol. The summed E-state index contributed by atoms with van der Waals surface area (Å²) < 4.78 is 0. The SMILES string of the molecule is CCC(=N)N(CCCc1c2ccccc2nc2ccccc12)CCC(=O)O.